The minimum atomic E-state index is -0.101. The van der Waals surface area contributed by atoms with Crippen molar-refractivity contribution in [1.82, 2.24) is 0 Å². The molecular weight excluding hydrogens is 312 g/mol. The van der Waals surface area contributed by atoms with Crippen molar-refractivity contribution < 1.29 is 14.6 Å². The number of methoxy groups -OCH3 is 1. The van der Waals surface area contributed by atoms with Gasteiger partial charge in [0, 0.05) is 6.42 Å². The van der Waals surface area contributed by atoms with Crippen LogP contribution in [-0.4, -0.2) is 24.3 Å². The van der Waals surface area contributed by atoms with Crippen LogP contribution in [0.4, 0.5) is 0 Å². The average Bonchev–Trinajstić information content (AvgIpc) is 2.59. The molecule has 0 aromatic rings. The molecule has 0 aromatic heterocycles. The van der Waals surface area contributed by atoms with Crippen LogP contribution >= 0.6 is 0 Å². The summed E-state index contributed by atoms with van der Waals surface area (Å²) in [6.45, 7) is 6.85. The van der Waals surface area contributed by atoms with E-state index in [0.29, 0.717) is 12.3 Å². The summed E-state index contributed by atoms with van der Waals surface area (Å²) in [6.07, 6.45) is 15.6. The number of ether oxygens (including phenoxy) is 1. The fraction of sp³-hybridized carbons (Fsp3) is 0.955. The van der Waals surface area contributed by atoms with Gasteiger partial charge in [-0.1, -0.05) is 78.6 Å². The largest absolute Gasteiger partial charge is 0.469 e. The van der Waals surface area contributed by atoms with E-state index in [2.05, 4.69) is 25.5 Å². The summed E-state index contributed by atoms with van der Waals surface area (Å²) in [5.74, 6) is 1.35. The molecule has 0 amide bonds. The first kappa shape index (κ1) is 24.4. The van der Waals surface area contributed by atoms with Crippen LogP contribution in [0.25, 0.3) is 0 Å². The quantitative estimate of drug-likeness (QED) is 0.247. The van der Waals surface area contributed by atoms with Gasteiger partial charge in [-0.05, 0) is 37.5 Å². The van der Waals surface area contributed by atoms with E-state index in [1.807, 2.05) is 0 Å². The first-order valence-corrected chi connectivity index (χ1v) is 10.8. The smallest absolute Gasteiger partial charge is 0.305 e. The van der Waals surface area contributed by atoms with Gasteiger partial charge in [0.25, 0.3) is 0 Å². The third-order valence-electron chi connectivity index (χ3n) is 5.39. The lowest BCUT2D eigenvalue weighted by atomic mass is 9.85. The van der Waals surface area contributed by atoms with E-state index in [1.54, 1.807) is 0 Å². The van der Waals surface area contributed by atoms with Crippen LogP contribution in [0.2, 0.25) is 0 Å². The average molecular weight is 357 g/mol. The molecule has 0 bridgehead atoms. The highest BCUT2D eigenvalue weighted by molar-refractivity contribution is 5.68. The standard InChI is InChI=1S/C22H44O3/c1-5-6-7-12-15-21(23)18-17-20(19(2)3)14-11-9-8-10-13-16-22(24)25-4/h19-21,23H,5-18H2,1-4H3/t20?,21-/m1/s1. The minimum absolute atomic E-state index is 0.0897. The van der Waals surface area contributed by atoms with Gasteiger partial charge in [0.1, 0.15) is 0 Å². The molecule has 1 N–H and O–H groups in total. The van der Waals surface area contributed by atoms with Gasteiger partial charge in [-0.25, -0.2) is 0 Å². The summed E-state index contributed by atoms with van der Waals surface area (Å²) in [4.78, 5) is 11.0. The summed E-state index contributed by atoms with van der Waals surface area (Å²) >= 11 is 0. The number of rotatable bonds is 17. The minimum Gasteiger partial charge on any atom is -0.469 e. The number of hydrogen-bond acceptors (Lipinski definition) is 3. The molecule has 3 nitrogen and oxygen atoms in total. The van der Waals surface area contributed by atoms with E-state index in [9.17, 15) is 9.90 Å². The highest BCUT2D eigenvalue weighted by Gasteiger charge is 2.15. The lowest BCUT2D eigenvalue weighted by Crippen LogP contribution is -2.14. The molecule has 0 aliphatic carbocycles. The first-order valence-electron chi connectivity index (χ1n) is 10.8. The van der Waals surface area contributed by atoms with Crippen molar-refractivity contribution in [3.8, 4) is 0 Å². The Balaban J connectivity index is 3.72. The monoisotopic (exact) mass is 356 g/mol. The predicted molar refractivity (Wildman–Crippen MR) is 107 cm³/mol. The van der Waals surface area contributed by atoms with Gasteiger partial charge in [0.2, 0.25) is 0 Å². The molecule has 0 rings (SSSR count). The fourth-order valence-corrected chi connectivity index (χ4v) is 3.48. The Morgan fingerprint density at radius 3 is 2.08 bits per heavy atom. The molecule has 150 valence electrons. The van der Waals surface area contributed by atoms with E-state index in [4.69, 9.17) is 0 Å². The molecule has 0 saturated carbocycles. The third kappa shape index (κ3) is 15.4. The Bertz CT molecular complexity index is 302. The molecule has 3 heteroatoms. The zero-order valence-corrected chi connectivity index (χ0v) is 17.4. The van der Waals surface area contributed by atoms with Crippen LogP contribution in [-0.2, 0) is 9.53 Å². The van der Waals surface area contributed by atoms with E-state index in [-0.39, 0.29) is 12.1 Å². The highest BCUT2D eigenvalue weighted by Crippen LogP contribution is 2.25. The molecule has 0 aliphatic heterocycles. The van der Waals surface area contributed by atoms with Crippen LogP contribution < -0.4 is 0 Å². The lowest BCUT2D eigenvalue weighted by Gasteiger charge is -2.22. The van der Waals surface area contributed by atoms with Crippen molar-refractivity contribution in [3.05, 3.63) is 0 Å². The van der Waals surface area contributed by atoms with Crippen LogP contribution in [0.5, 0.6) is 0 Å². The summed E-state index contributed by atoms with van der Waals surface area (Å²) in [7, 11) is 1.45. The Kier molecular flexibility index (Phi) is 16.5. The zero-order valence-electron chi connectivity index (χ0n) is 17.4. The van der Waals surface area contributed by atoms with Gasteiger partial charge < -0.3 is 9.84 Å². The highest BCUT2D eigenvalue weighted by atomic mass is 16.5. The second-order valence-electron chi connectivity index (χ2n) is 7.97. The number of carbonyl (C=O) groups excluding carboxylic acids is 1. The third-order valence-corrected chi connectivity index (χ3v) is 5.39. The summed E-state index contributed by atoms with van der Waals surface area (Å²) in [6, 6.07) is 0. The maximum absolute atomic E-state index is 11.0. The molecule has 2 atom stereocenters. The summed E-state index contributed by atoms with van der Waals surface area (Å²) < 4.78 is 4.66. The molecule has 1 unspecified atom stereocenters. The van der Waals surface area contributed by atoms with Gasteiger partial charge in [0.15, 0.2) is 0 Å². The molecule has 0 radical (unpaired) electrons. The molecule has 0 aliphatic rings. The van der Waals surface area contributed by atoms with Crippen LogP contribution in [0, 0.1) is 11.8 Å². The number of unbranched alkanes of at least 4 members (excludes halogenated alkanes) is 7. The maximum Gasteiger partial charge on any atom is 0.305 e. The van der Waals surface area contributed by atoms with Crippen molar-refractivity contribution in [1.29, 1.82) is 0 Å². The number of carbonyl (C=O) groups is 1. The van der Waals surface area contributed by atoms with Gasteiger partial charge in [-0.15, -0.1) is 0 Å². The topological polar surface area (TPSA) is 46.5 Å². The van der Waals surface area contributed by atoms with E-state index >= 15 is 0 Å². The molecular formula is C22H44O3. The number of hydrogen-bond donors (Lipinski definition) is 1. The van der Waals surface area contributed by atoms with Gasteiger partial charge in [0.05, 0.1) is 13.2 Å². The second kappa shape index (κ2) is 16.9. The van der Waals surface area contributed by atoms with Gasteiger partial charge >= 0.3 is 5.97 Å². The van der Waals surface area contributed by atoms with Crippen molar-refractivity contribution >= 4 is 5.97 Å². The van der Waals surface area contributed by atoms with E-state index in [1.165, 1.54) is 58.5 Å². The lowest BCUT2D eigenvalue weighted by molar-refractivity contribution is -0.140. The fourth-order valence-electron chi connectivity index (χ4n) is 3.48. The van der Waals surface area contributed by atoms with Crippen molar-refractivity contribution in [2.45, 2.75) is 117 Å². The Hall–Kier alpha value is -0.570. The normalized spacial score (nSPS) is 13.8. The summed E-state index contributed by atoms with van der Waals surface area (Å²) in [5, 5.41) is 10.2. The molecule has 0 fully saturated rings. The second-order valence-corrected chi connectivity index (χ2v) is 7.97. The van der Waals surface area contributed by atoms with Gasteiger partial charge in [-0.3, -0.25) is 4.79 Å². The summed E-state index contributed by atoms with van der Waals surface area (Å²) in [5.41, 5.74) is 0. The molecule has 0 spiro atoms. The Morgan fingerprint density at radius 2 is 1.44 bits per heavy atom. The molecule has 0 aromatic carbocycles. The SMILES string of the molecule is CCCCCC[C@@H](O)CCC(CCCCCCCC(=O)OC)C(C)C. The number of aliphatic hydroxyl groups excluding tert-OH is 1. The first-order chi connectivity index (χ1) is 12.0. The maximum atomic E-state index is 11.0. The van der Waals surface area contributed by atoms with E-state index in [0.717, 1.165) is 38.0 Å². The molecule has 25 heavy (non-hydrogen) atoms. The zero-order chi connectivity index (χ0) is 18.9. The van der Waals surface area contributed by atoms with Gasteiger partial charge in [-0.2, -0.15) is 0 Å². The van der Waals surface area contributed by atoms with Crippen molar-refractivity contribution in [2.75, 3.05) is 7.11 Å². The molecule has 0 heterocycles. The van der Waals surface area contributed by atoms with Crippen LogP contribution in [0.15, 0.2) is 0 Å². The van der Waals surface area contributed by atoms with Crippen LogP contribution in [0.3, 0.4) is 0 Å². The van der Waals surface area contributed by atoms with Crippen LogP contribution in [0.1, 0.15) is 111 Å². The molecule has 0 saturated heterocycles. The number of aliphatic hydroxyl groups is 1. The number of esters is 1. The van der Waals surface area contributed by atoms with E-state index < -0.39 is 0 Å². The Labute approximate surface area is 156 Å². The Morgan fingerprint density at radius 1 is 0.840 bits per heavy atom. The van der Waals surface area contributed by atoms with Crippen molar-refractivity contribution in [3.63, 3.8) is 0 Å². The predicted octanol–water partition coefficient (Wildman–Crippen LogP) is 6.27. The van der Waals surface area contributed by atoms with Crippen molar-refractivity contribution in [2.24, 2.45) is 11.8 Å².